The van der Waals surface area contributed by atoms with Gasteiger partial charge < -0.3 is 9.64 Å². The minimum atomic E-state index is 0.416. The van der Waals surface area contributed by atoms with Crippen molar-refractivity contribution in [3.63, 3.8) is 0 Å². The van der Waals surface area contributed by atoms with Crippen molar-refractivity contribution in [2.45, 2.75) is 32.7 Å². The van der Waals surface area contributed by atoms with Crippen molar-refractivity contribution in [2.24, 2.45) is 0 Å². The lowest BCUT2D eigenvalue weighted by atomic mass is 10.1. The minimum absolute atomic E-state index is 0.416. The van der Waals surface area contributed by atoms with Gasteiger partial charge in [-0.25, -0.2) is 9.97 Å². The van der Waals surface area contributed by atoms with E-state index in [1.165, 1.54) is 0 Å². The molecule has 0 aliphatic heterocycles. The SMILES string of the molecule is CCC(CC)N(CCOC)c1nccnc1Cl. The van der Waals surface area contributed by atoms with Crippen molar-refractivity contribution < 1.29 is 4.74 Å². The predicted molar refractivity (Wildman–Crippen MR) is 70.6 cm³/mol. The van der Waals surface area contributed by atoms with Gasteiger partial charge >= 0.3 is 0 Å². The molecule has 0 radical (unpaired) electrons. The molecule has 0 fully saturated rings. The van der Waals surface area contributed by atoms with Crippen LogP contribution in [0.25, 0.3) is 0 Å². The van der Waals surface area contributed by atoms with E-state index in [0.717, 1.165) is 25.2 Å². The Morgan fingerprint density at radius 2 is 1.94 bits per heavy atom. The molecule has 0 aromatic carbocycles. The summed E-state index contributed by atoms with van der Waals surface area (Å²) in [6.45, 7) is 5.77. The van der Waals surface area contributed by atoms with E-state index in [2.05, 4.69) is 28.7 Å². The van der Waals surface area contributed by atoms with Gasteiger partial charge in [0.1, 0.15) is 0 Å². The monoisotopic (exact) mass is 257 g/mol. The van der Waals surface area contributed by atoms with Gasteiger partial charge in [-0.1, -0.05) is 25.4 Å². The average molecular weight is 258 g/mol. The molecule has 0 unspecified atom stereocenters. The summed E-state index contributed by atoms with van der Waals surface area (Å²) in [7, 11) is 1.70. The third-order valence-electron chi connectivity index (χ3n) is 2.83. The van der Waals surface area contributed by atoms with Gasteiger partial charge in [-0.2, -0.15) is 0 Å². The summed E-state index contributed by atoms with van der Waals surface area (Å²) >= 11 is 6.10. The van der Waals surface area contributed by atoms with E-state index in [-0.39, 0.29) is 0 Å². The quantitative estimate of drug-likeness (QED) is 0.753. The van der Waals surface area contributed by atoms with Crippen molar-refractivity contribution in [2.75, 3.05) is 25.2 Å². The van der Waals surface area contributed by atoms with Gasteiger partial charge in [0, 0.05) is 32.1 Å². The van der Waals surface area contributed by atoms with Gasteiger partial charge in [-0.15, -0.1) is 0 Å². The molecular weight excluding hydrogens is 238 g/mol. The van der Waals surface area contributed by atoms with Gasteiger partial charge in [0.15, 0.2) is 11.0 Å². The third-order valence-corrected chi connectivity index (χ3v) is 3.09. The van der Waals surface area contributed by atoms with Crippen molar-refractivity contribution in [3.05, 3.63) is 17.5 Å². The number of hydrogen-bond donors (Lipinski definition) is 0. The molecule has 1 aromatic rings. The lowest BCUT2D eigenvalue weighted by Crippen LogP contribution is -2.38. The molecule has 1 heterocycles. The zero-order valence-corrected chi connectivity index (χ0v) is 11.4. The zero-order chi connectivity index (χ0) is 12.7. The molecule has 96 valence electrons. The number of halogens is 1. The molecule has 17 heavy (non-hydrogen) atoms. The van der Waals surface area contributed by atoms with Crippen LogP contribution in [0.2, 0.25) is 5.15 Å². The maximum Gasteiger partial charge on any atom is 0.171 e. The van der Waals surface area contributed by atoms with Gasteiger partial charge in [0.2, 0.25) is 0 Å². The van der Waals surface area contributed by atoms with Crippen LogP contribution in [0, 0.1) is 0 Å². The van der Waals surface area contributed by atoms with E-state index >= 15 is 0 Å². The Labute approximate surface area is 108 Å². The van der Waals surface area contributed by atoms with Crippen molar-refractivity contribution in [1.82, 2.24) is 9.97 Å². The van der Waals surface area contributed by atoms with Crippen LogP contribution in [0.15, 0.2) is 12.4 Å². The maximum absolute atomic E-state index is 6.10. The standard InChI is InChI=1S/C12H20ClN3O/c1-4-10(5-2)16(8-9-17-3)12-11(13)14-6-7-15-12/h6-7,10H,4-5,8-9H2,1-3H3. The number of anilines is 1. The summed E-state index contributed by atoms with van der Waals surface area (Å²) in [4.78, 5) is 10.6. The van der Waals surface area contributed by atoms with Crippen molar-refractivity contribution in [3.8, 4) is 0 Å². The Kier molecular flexibility index (Phi) is 6.22. The fourth-order valence-electron chi connectivity index (χ4n) is 1.89. The van der Waals surface area contributed by atoms with Gasteiger partial charge in [-0.05, 0) is 12.8 Å². The Hall–Kier alpha value is -0.870. The molecular formula is C12H20ClN3O. The van der Waals surface area contributed by atoms with E-state index in [4.69, 9.17) is 16.3 Å². The Balaban J connectivity index is 2.92. The molecule has 0 aliphatic carbocycles. The molecule has 0 N–H and O–H groups in total. The first-order valence-corrected chi connectivity index (χ1v) is 6.34. The average Bonchev–Trinajstić information content (AvgIpc) is 2.36. The third kappa shape index (κ3) is 3.82. The molecule has 1 rings (SSSR count). The Morgan fingerprint density at radius 3 is 2.47 bits per heavy atom. The van der Waals surface area contributed by atoms with E-state index in [1.54, 1.807) is 19.5 Å². The molecule has 0 bridgehead atoms. The smallest absolute Gasteiger partial charge is 0.171 e. The first kappa shape index (κ1) is 14.2. The molecule has 0 atom stereocenters. The highest BCUT2D eigenvalue weighted by Gasteiger charge is 2.19. The predicted octanol–water partition coefficient (Wildman–Crippen LogP) is 2.77. The maximum atomic E-state index is 6.10. The summed E-state index contributed by atoms with van der Waals surface area (Å²) in [6, 6.07) is 0.416. The summed E-state index contributed by atoms with van der Waals surface area (Å²) in [5.41, 5.74) is 0. The molecule has 0 saturated heterocycles. The second-order valence-electron chi connectivity index (χ2n) is 3.83. The molecule has 0 aliphatic rings. The zero-order valence-electron chi connectivity index (χ0n) is 10.7. The number of hydrogen-bond acceptors (Lipinski definition) is 4. The highest BCUT2D eigenvalue weighted by atomic mass is 35.5. The second-order valence-corrected chi connectivity index (χ2v) is 4.19. The number of methoxy groups -OCH3 is 1. The van der Waals surface area contributed by atoms with Crippen LogP contribution in [0.3, 0.4) is 0 Å². The topological polar surface area (TPSA) is 38.2 Å². The minimum Gasteiger partial charge on any atom is -0.383 e. The molecule has 0 spiro atoms. The van der Waals surface area contributed by atoms with Crippen LogP contribution in [-0.2, 0) is 4.74 Å². The number of ether oxygens (including phenoxy) is 1. The van der Waals surface area contributed by atoms with Crippen LogP contribution in [0.1, 0.15) is 26.7 Å². The molecule has 1 aromatic heterocycles. The van der Waals surface area contributed by atoms with Crippen LogP contribution >= 0.6 is 11.6 Å². The largest absolute Gasteiger partial charge is 0.383 e. The Bertz CT molecular complexity index is 331. The van der Waals surface area contributed by atoms with E-state index in [1.807, 2.05) is 0 Å². The fraction of sp³-hybridized carbons (Fsp3) is 0.667. The summed E-state index contributed by atoms with van der Waals surface area (Å²) < 4.78 is 5.14. The highest BCUT2D eigenvalue weighted by Crippen LogP contribution is 2.24. The van der Waals surface area contributed by atoms with E-state index in [9.17, 15) is 0 Å². The van der Waals surface area contributed by atoms with Crippen molar-refractivity contribution in [1.29, 1.82) is 0 Å². The first-order chi connectivity index (χ1) is 8.24. The first-order valence-electron chi connectivity index (χ1n) is 5.96. The van der Waals surface area contributed by atoms with Gasteiger partial charge in [0.05, 0.1) is 6.61 Å². The number of nitrogens with zero attached hydrogens (tertiary/aromatic N) is 3. The lowest BCUT2D eigenvalue weighted by Gasteiger charge is -2.31. The summed E-state index contributed by atoms with van der Waals surface area (Å²) in [6.07, 6.45) is 5.37. The van der Waals surface area contributed by atoms with E-state index < -0.39 is 0 Å². The van der Waals surface area contributed by atoms with Crippen LogP contribution in [0.5, 0.6) is 0 Å². The van der Waals surface area contributed by atoms with Gasteiger partial charge in [-0.3, -0.25) is 0 Å². The molecule has 4 nitrogen and oxygen atoms in total. The molecule has 0 amide bonds. The van der Waals surface area contributed by atoms with Crippen molar-refractivity contribution >= 4 is 17.4 Å². The Morgan fingerprint density at radius 1 is 1.29 bits per heavy atom. The summed E-state index contributed by atoms with van der Waals surface area (Å²) in [5, 5.41) is 0.454. The van der Waals surface area contributed by atoms with Crippen LogP contribution < -0.4 is 4.90 Å². The number of aromatic nitrogens is 2. The summed E-state index contributed by atoms with van der Waals surface area (Å²) in [5.74, 6) is 0.750. The normalized spacial score (nSPS) is 10.9. The fourth-order valence-corrected chi connectivity index (χ4v) is 2.10. The van der Waals surface area contributed by atoms with E-state index in [0.29, 0.717) is 17.8 Å². The lowest BCUT2D eigenvalue weighted by molar-refractivity contribution is 0.202. The van der Waals surface area contributed by atoms with Crippen LogP contribution in [-0.4, -0.2) is 36.3 Å². The highest BCUT2D eigenvalue weighted by molar-refractivity contribution is 6.31. The van der Waals surface area contributed by atoms with Gasteiger partial charge in [0.25, 0.3) is 0 Å². The molecule has 5 heteroatoms. The second kappa shape index (κ2) is 7.45. The molecule has 0 saturated carbocycles. The number of rotatable bonds is 7. The van der Waals surface area contributed by atoms with Crippen LogP contribution in [0.4, 0.5) is 5.82 Å².